The Hall–Kier alpha value is -3.50. The molecule has 0 unspecified atom stereocenters. The van der Waals surface area contributed by atoms with Gasteiger partial charge in [-0.05, 0) is 31.7 Å². The van der Waals surface area contributed by atoms with Crippen LogP contribution in [0.15, 0.2) is 42.5 Å². The van der Waals surface area contributed by atoms with Gasteiger partial charge in [-0.15, -0.1) is 0 Å². The Balaban J connectivity index is 1.30. The summed E-state index contributed by atoms with van der Waals surface area (Å²) >= 11 is 13.9. The van der Waals surface area contributed by atoms with Crippen LogP contribution in [-0.2, 0) is 26.6 Å². The highest BCUT2D eigenvalue weighted by molar-refractivity contribution is 6.39. The number of nitrogens with one attached hydrogen (secondary N) is 1. The molecule has 0 radical (unpaired) electrons. The number of carbonyl (C=O) groups excluding carboxylic acids is 1. The SMILES string of the molecule is COc1nc(-c2cccc(-c3cccc(NC(=O)c4nc5c(n4C)CCN(C)C5)c3Cl)c2Cl)cc(C)c1CN1CC(F)C1. The van der Waals surface area contributed by atoms with E-state index in [1.807, 2.05) is 66.9 Å². The Labute approximate surface area is 260 Å². The van der Waals surface area contributed by atoms with Crippen molar-refractivity contribution < 1.29 is 13.9 Å². The standard InChI is InChI=1S/C32H33Cl2FN6O2/c1-18-13-25(38-32(43-4)23(18)16-41-14-19(35)15-41)22-9-5-7-20(28(22)33)21-8-6-10-24(29(21)34)37-31(42)30-36-26-17-39(2)12-11-27(26)40(30)3/h5-10,13,19H,11-12,14-17H2,1-4H3,(H,37,42). The van der Waals surface area contributed by atoms with Gasteiger partial charge < -0.3 is 19.5 Å². The Morgan fingerprint density at radius 3 is 2.49 bits per heavy atom. The first-order valence-corrected chi connectivity index (χ1v) is 14.9. The van der Waals surface area contributed by atoms with Gasteiger partial charge in [0.1, 0.15) is 6.17 Å². The second kappa shape index (κ2) is 11.9. The molecule has 2 aromatic carbocycles. The number of nitrogens with zero attached hydrogens (tertiary/aromatic N) is 5. The van der Waals surface area contributed by atoms with E-state index in [9.17, 15) is 9.18 Å². The van der Waals surface area contributed by atoms with E-state index < -0.39 is 6.17 Å². The molecule has 0 atom stereocenters. The van der Waals surface area contributed by atoms with Crippen LogP contribution in [0.25, 0.3) is 22.4 Å². The Morgan fingerprint density at radius 1 is 1.07 bits per heavy atom. The lowest BCUT2D eigenvalue weighted by atomic mass is 9.99. The van der Waals surface area contributed by atoms with Gasteiger partial charge in [0, 0.05) is 74.1 Å². The number of rotatable bonds is 7. The number of carbonyl (C=O) groups is 1. The van der Waals surface area contributed by atoms with Crippen LogP contribution in [0.4, 0.5) is 10.1 Å². The highest BCUT2D eigenvalue weighted by atomic mass is 35.5. The van der Waals surface area contributed by atoms with E-state index in [2.05, 4.69) is 15.2 Å². The third kappa shape index (κ3) is 5.62. The molecule has 2 aliphatic rings. The number of likely N-dealkylation sites (N-methyl/N-ethyl adjacent to an activating group) is 1. The minimum absolute atomic E-state index is 0.328. The van der Waals surface area contributed by atoms with Gasteiger partial charge in [0.2, 0.25) is 5.88 Å². The highest BCUT2D eigenvalue weighted by Gasteiger charge is 2.28. The van der Waals surface area contributed by atoms with Crippen molar-refractivity contribution >= 4 is 34.8 Å². The summed E-state index contributed by atoms with van der Waals surface area (Å²) in [7, 11) is 5.50. The van der Waals surface area contributed by atoms with Crippen LogP contribution in [-0.4, -0.2) is 70.2 Å². The third-order valence-corrected chi connectivity index (χ3v) is 9.07. The summed E-state index contributed by atoms with van der Waals surface area (Å²) in [6.07, 6.45) is 0.0652. The molecule has 4 aromatic rings. The molecule has 6 rings (SSSR count). The minimum atomic E-state index is -0.777. The van der Waals surface area contributed by atoms with Crippen molar-refractivity contribution in [2.45, 2.75) is 32.6 Å². The zero-order chi connectivity index (χ0) is 30.4. The van der Waals surface area contributed by atoms with Crippen molar-refractivity contribution in [1.82, 2.24) is 24.3 Å². The fraction of sp³-hybridized carbons (Fsp3) is 0.344. The number of hydrogen-bond acceptors (Lipinski definition) is 6. The summed E-state index contributed by atoms with van der Waals surface area (Å²) < 4.78 is 20.9. The predicted octanol–water partition coefficient (Wildman–Crippen LogP) is 6.17. The van der Waals surface area contributed by atoms with Crippen LogP contribution >= 0.6 is 23.2 Å². The molecular formula is C32H33Cl2FN6O2. The van der Waals surface area contributed by atoms with Gasteiger partial charge in [0.25, 0.3) is 5.91 Å². The van der Waals surface area contributed by atoms with Crippen LogP contribution in [0.2, 0.25) is 10.0 Å². The number of alkyl halides is 1. The molecule has 43 heavy (non-hydrogen) atoms. The second-order valence-electron chi connectivity index (χ2n) is 11.3. The quantitative estimate of drug-likeness (QED) is 0.266. The van der Waals surface area contributed by atoms with E-state index in [1.165, 1.54) is 0 Å². The van der Waals surface area contributed by atoms with Crippen LogP contribution in [0.5, 0.6) is 5.88 Å². The predicted molar refractivity (Wildman–Crippen MR) is 168 cm³/mol. The number of anilines is 1. The first-order valence-electron chi connectivity index (χ1n) is 14.2. The number of pyridine rings is 1. The number of likely N-dealkylation sites (tertiary alicyclic amines) is 1. The average Bonchev–Trinajstić information content (AvgIpc) is 3.29. The summed E-state index contributed by atoms with van der Waals surface area (Å²) in [4.78, 5) is 26.9. The summed E-state index contributed by atoms with van der Waals surface area (Å²) in [6.45, 7) is 5.03. The molecule has 11 heteroatoms. The van der Waals surface area contributed by atoms with E-state index in [-0.39, 0.29) is 5.91 Å². The molecule has 8 nitrogen and oxygen atoms in total. The molecule has 4 heterocycles. The molecule has 0 spiro atoms. The van der Waals surface area contributed by atoms with E-state index in [1.54, 1.807) is 13.2 Å². The number of aromatic nitrogens is 3. The van der Waals surface area contributed by atoms with Crippen molar-refractivity contribution in [3.8, 4) is 28.3 Å². The normalized spacial score (nSPS) is 15.7. The van der Waals surface area contributed by atoms with Crippen molar-refractivity contribution in [2.75, 3.05) is 39.1 Å². The largest absolute Gasteiger partial charge is 0.481 e. The number of methoxy groups -OCH3 is 1. The molecule has 0 saturated carbocycles. The second-order valence-corrected chi connectivity index (χ2v) is 12.0. The van der Waals surface area contributed by atoms with E-state index >= 15 is 0 Å². The first kappa shape index (κ1) is 29.6. The number of aryl methyl sites for hydroxylation is 1. The van der Waals surface area contributed by atoms with Gasteiger partial charge >= 0.3 is 0 Å². The molecule has 1 saturated heterocycles. The lowest BCUT2D eigenvalue weighted by Gasteiger charge is -2.34. The van der Waals surface area contributed by atoms with Crippen LogP contribution < -0.4 is 10.1 Å². The Morgan fingerprint density at radius 2 is 1.77 bits per heavy atom. The monoisotopic (exact) mass is 622 g/mol. The van der Waals surface area contributed by atoms with Crippen molar-refractivity contribution in [1.29, 1.82) is 0 Å². The summed E-state index contributed by atoms with van der Waals surface area (Å²) in [6, 6.07) is 13.1. The van der Waals surface area contributed by atoms with Gasteiger partial charge in [-0.2, -0.15) is 0 Å². The molecular weight excluding hydrogens is 590 g/mol. The first-order chi connectivity index (χ1) is 20.6. The summed E-state index contributed by atoms with van der Waals surface area (Å²) in [5.74, 6) is 0.508. The highest BCUT2D eigenvalue weighted by Crippen LogP contribution is 2.42. The van der Waals surface area contributed by atoms with Gasteiger partial charge in [0.15, 0.2) is 5.82 Å². The number of fused-ring (bicyclic) bond motifs is 1. The van der Waals surface area contributed by atoms with Gasteiger partial charge in [-0.25, -0.2) is 14.4 Å². The molecule has 2 aromatic heterocycles. The number of ether oxygens (including phenoxy) is 1. The molecule has 1 N–H and O–H groups in total. The van der Waals surface area contributed by atoms with Crippen LogP contribution in [0.1, 0.15) is 33.1 Å². The van der Waals surface area contributed by atoms with E-state index in [0.717, 1.165) is 35.5 Å². The number of halogens is 3. The van der Waals surface area contributed by atoms with E-state index in [4.69, 9.17) is 32.9 Å². The summed E-state index contributed by atoms with van der Waals surface area (Å²) in [5, 5.41) is 3.79. The van der Waals surface area contributed by atoms with E-state index in [0.29, 0.717) is 76.0 Å². The van der Waals surface area contributed by atoms with Crippen molar-refractivity contribution in [3.63, 3.8) is 0 Å². The fourth-order valence-corrected chi connectivity index (χ4v) is 6.44. The minimum Gasteiger partial charge on any atom is -0.481 e. The molecule has 224 valence electrons. The maximum atomic E-state index is 13.4. The van der Waals surface area contributed by atoms with Crippen molar-refractivity contribution in [2.24, 2.45) is 7.05 Å². The number of hydrogen-bond donors (Lipinski definition) is 1. The zero-order valence-corrected chi connectivity index (χ0v) is 26.1. The third-order valence-electron chi connectivity index (χ3n) is 8.26. The molecule has 2 aliphatic heterocycles. The smallest absolute Gasteiger partial charge is 0.291 e. The Kier molecular flexibility index (Phi) is 8.17. The van der Waals surface area contributed by atoms with Crippen molar-refractivity contribution in [3.05, 3.63) is 80.8 Å². The summed E-state index contributed by atoms with van der Waals surface area (Å²) in [5.41, 5.74) is 7.12. The maximum absolute atomic E-state index is 13.4. The van der Waals surface area contributed by atoms with Crippen LogP contribution in [0.3, 0.4) is 0 Å². The topological polar surface area (TPSA) is 75.5 Å². The lowest BCUT2D eigenvalue weighted by molar-refractivity contribution is 0.0581. The Bertz CT molecular complexity index is 1720. The maximum Gasteiger partial charge on any atom is 0.291 e. The van der Waals surface area contributed by atoms with Gasteiger partial charge in [0.05, 0.1) is 34.2 Å². The zero-order valence-electron chi connectivity index (χ0n) is 24.5. The fourth-order valence-electron chi connectivity index (χ4n) is 5.84. The molecule has 1 amide bonds. The average molecular weight is 624 g/mol. The van der Waals surface area contributed by atoms with Gasteiger partial charge in [-0.1, -0.05) is 53.5 Å². The van der Waals surface area contributed by atoms with Crippen LogP contribution in [0, 0.1) is 6.92 Å². The molecule has 0 bridgehead atoms. The number of amides is 1. The lowest BCUT2D eigenvalue weighted by Crippen LogP contribution is -2.47. The molecule has 0 aliphatic carbocycles. The van der Waals surface area contributed by atoms with Gasteiger partial charge in [-0.3, -0.25) is 9.69 Å². The number of imidazole rings is 1. The molecule has 1 fully saturated rings. The number of benzene rings is 2.